The molecule has 0 N–H and O–H groups in total. The van der Waals surface area contributed by atoms with Gasteiger partial charge in [-0.1, -0.05) is 44.8 Å². The summed E-state index contributed by atoms with van der Waals surface area (Å²) in [6.07, 6.45) is 7.57. The van der Waals surface area contributed by atoms with E-state index in [2.05, 4.69) is 43.0 Å². The van der Waals surface area contributed by atoms with Gasteiger partial charge in [0.05, 0.1) is 12.1 Å². The molecule has 0 aromatic rings. The predicted molar refractivity (Wildman–Crippen MR) is 68.5 cm³/mol. The van der Waals surface area contributed by atoms with Crippen molar-refractivity contribution in [2.75, 3.05) is 0 Å². The molecule has 94 valence electrons. The summed E-state index contributed by atoms with van der Waals surface area (Å²) in [4.78, 5) is 0. The first-order valence-electron chi connectivity index (χ1n) is 6.89. The molecular weight excluding hydrogens is 198 g/mol. The quantitative estimate of drug-likeness (QED) is 0.597. The molecule has 2 unspecified atom stereocenters. The Hall–Kier alpha value is -0.600. The number of rotatable bonds is 7. The number of nitrogens with zero attached hydrogens (tertiary/aromatic N) is 3. The van der Waals surface area contributed by atoms with Crippen molar-refractivity contribution in [1.29, 1.82) is 0 Å². The van der Waals surface area contributed by atoms with Crippen molar-refractivity contribution in [3.05, 3.63) is 0 Å². The van der Waals surface area contributed by atoms with Crippen LogP contribution in [0, 0.1) is 0 Å². The molecule has 3 nitrogen and oxygen atoms in total. The molecule has 1 aliphatic heterocycles. The van der Waals surface area contributed by atoms with Crippen molar-refractivity contribution >= 4 is 0 Å². The first-order chi connectivity index (χ1) is 7.70. The van der Waals surface area contributed by atoms with Gasteiger partial charge in [-0.25, -0.2) is 0 Å². The Morgan fingerprint density at radius 1 is 1.06 bits per heavy atom. The Bertz CT molecular complexity index is 213. The zero-order chi connectivity index (χ0) is 12.0. The molecule has 1 heterocycles. The van der Waals surface area contributed by atoms with Crippen LogP contribution in [0.4, 0.5) is 0 Å². The molecule has 1 aliphatic rings. The number of hydrogen-bond donors (Lipinski definition) is 0. The highest BCUT2D eigenvalue weighted by Gasteiger charge is 2.32. The predicted octanol–water partition coefficient (Wildman–Crippen LogP) is 4.20. The van der Waals surface area contributed by atoms with Crippen molar-refractivity contribution in [1.82, 2.24) is 5.01 Å². The van der Waals surface area contributed by atoms with Crippen LogP contribution in [0.15, 0.2) is 10.3 Å². The van der Waals surface area contributed by atoms with Crippen LogP contribution in [0.2, 0.25) is 0 Å². The highest BCUT2D eigenvalue weighted by atomic mass is 15.6. The fraction of sp³-hybridized carbons (Fsp3) is 1.00. The van der Waals surface area contributed by atoms with Gasteiger partial charge in [-0.2, -0.15) is 5.11 Å². The Morgan fingerprint density at radius 2 is 1.81 bits per heavy atom. The van der Waals surface area contributed by atoms with Gasteiger partial charge in [-0.3, -0.25) is 5.01 Å². The summed E-state index contributed by atoms with van der Waals surface area (Å²) >= 11 is 0. The maximum Gasteiger partial charge on any atom is 0.0949 e. The summed E-state index contributed by atoms with van der Waals surface area (Å²) in [7, 11) is 0. The van der Waals surface area contributed by atoms with Crippen LogP contribution in [0.1, 0.15) is 66.2 Å². The number of hydrogen-bond acceptors (Lipinski definition) is 3. The summed E-state index contributed by atoms with van der Waals surface area (Å²) in [5.41, 5.74) is 0. The molecule has 0 saturated carbocycles. The summed E-state index contributed by atoms with van der Waals surface area (Å²) in [5.74, 6) is 0. The first-order valence-corrected chi connectivity index (χ1v) is 6.89. The fourth-order valence-electron chi connectivity index (χ4n) is 2.41. The van der Waals surface area contributed by atoms with Crippen LogP contribution >= 0.6 is 0 Å². The topological polar surface area (TPSA) is 28.0 Å². The minimum absolute atomic E-state index is 0.453. The van der Waals surface area contributed by atoms with Crippen LogP contribution in [0.5, 0.6) is 0 Å². The molecule has 0 saturated heterocycles. The van der Waals surface area contributed by atoms with Crippen molar-refractivity contribution in [2.24, 2.45) is 10.3 Å². The van der Waals surface area contributed by atoms with Gasteiger partial charge < -0.3 is 0 Å². The lowest BCUT2D eigenvalue weighted by Gasteiger charge is -2.28. The highest BCUT2D eigenvalue weighted by Crippen LogP contribution is 2.27. The van der Waals surface area contributed by atoms with E-state index >= 15 is 0 Å². The van der Waals surface area contributed by atoms with Gasteiger partial charge in [0.1, 0.15) is 0 Å². The maximum absolute atomic E-state index is 4.46. The average Bonchev–Trinajstić information content (AvgIpc) is 2.63. The largest absolute Gasteiger partial charge is 0.271 e. The third-order valence-corrected chi connectivity index (χ3v) is 3.30. The molecule has 0 aromatic heterocycles. The minimum Gasteiger partial charge on any atom is -0.271 e. The van der Waals surface area contributed by atoms with E-state index in [4.69, 9.17) is 0 Å². The molecule has 3 heteroatoms. The van der Waals surface area contributed by atoms with E-state index in [0.29, 0.717) is 18.1 Å². The summed E-state index contributed by atoms with van der Waals surface area (Å²) in [6, 6.07) is 1.49. The molecule has 0 aromatic carbocycles. The molecule has 0 fully saturated rings. The molecular formula is C13H27N3. The molecule has 2 atom stereocenters. The normalized spacial score (nSPS) is 24.7. The van der Waals surface area contributed by atoms with E-state index in [9.17, 15) is 0 Å². The van der Waals surface area contributed by atoms with E-state index in [0.717, 1.165) is 0 Å². The lowest BCUT2D eigenvalue weighted by Crippen LogP contribution is -2.38. The Morgan fingerprint density at radius 3 is 2.38 bits per heavy atom. The minimum atomic E-state index is 0.453. The Kier molecular flexibility index (Phi) is 5.78. The highest BCUT2D eigenvalue weighted by molar-refractivity contribution is 4.87. The lowest BCUT2D eigenvalue weighted by molar-refractivity contribution is 0.161. The second kappa shape index (κ2) is 6.87. The second-order valence-corrected chi connectivity index (χ2v) is 5.10. The molecule has 0 radical (unpaired) electrons. The SMILES string of the molecule is CCCCCC1N=NN(C(C)C)C1CCC. The molecule has 0 spiro atoms. The Labute approximate surface area is 100 Å². The van der Waals surface area contributed by atoms with Gasteiger partial charge >= 0.3 is 0 Å². The van der Waals surface area contributed by atoms with Crippen LogP contribution in [-0.4, -0.2) is 23.1 Å². The van der Waals surface area contributed by atoms with Crippen molar-refractivity contribution < 1.29 is 0 Å². The van der Waals surface area contributed by atoms with Gasteiger partial charge in [0, 0.05) is 6.04 Å². The second-order valence-electron chi connectivity index (χ2n) is 5.10. The third-order valence-electron chi connectivity index (χ3n) is 3.30. The first kappa shape index (κ1) is 13.5. The standard InChI is InChI=1S/C13H27N3/c1-5-7-8-10-12-13(9-6-2)16(11(3)4)15-14-12/h11-13H,5-10H2,1-4H3. The molecule has 16 heavy (non-hydrogen) atoms. The van der Waals surface area contributed by atoms with Crippen molar-refractivity contribution in [2.45, 2.75) is 84.3 Å². The summed E-state index contributed by atoms with van der Waals surface area (Å²) in [5, 5.41) is 11.0. The van der Waals surface area contributed by atoms with E-state index < -0.39 is 0 Å². The zero-order valence-electron chi connectivity index (χ0n) is 11.3. The van der Waals surface area contributed by atoms with Gasteiger partial charge in [0.2, 0.25) is 0 Å². The number of unbranched alkanes of at least 4 members (excludes halogenated alkanes) is 2. The van der Waals surface area contributed by atoms with Crippen molar-refractivity contribution in [3.63, 3.8) is 0 Å². The zero-order valence-corrected chi connectivity index (χ0v) is 11.3. The van der Waals surface area contributed by atoms with Gasteiger partial charge in [-0.15, -0.1) is 0 Å². The monoisotopic (exact) mass is 225 g/mol. The van der Waals surface area contributed by atoms with Crippen LogP contribution < -0.4 is 0 Å². The van der Waals surface area contributed by atoms with E-state index in [1.54, 1.807) is 0 Å². The molecule has 1 rings (SSSR count). The van der Waals surface area contributed by atoms with Crippen LogP contribution in [0.25, 0.3) is 0 Å². The van der Waals surface area contributed by atoms with E-state index in [1.165, 1.54) is 38.5 Å². The molecule has 0 bridgehead atoms. The Balaban J connectivity index is 2.47. The third kappa shape index (κ3) is 3.46. The molecule has 0 amide bonds. The van der Waals surface area contributed by atoms with Crippen LogP contribution in [-0.2, 0) is 0 Å². The summed E-state index contributed by atoms with van der Waals surface area (Å²) in [6.45, 7) is 8.91. The summed E-state index contributed by atoms with van der Waals surface area (Å²) < 4.78 is 0. The van der Waals surface area contributed by atoms with Crippen molar-refractivity contribution in [3.8, 4) is 0 Å². The maximum atomic E-state index is 4.46. The van der Waals surface area contributed by atoms with Gasteiger partial charge in [-0.05, 0) is 26.7 Å². The smallest absolute Gasteiger partial charge is 0.0949 e. The van der Waals surface area contributed by atoms with Crippen LogP contribution in [0.3, 0.4) is 0 Å². The van der Waals surface area contributed by atoms with Gasteiger partial charge in [0.15, 0.2) is 0 Å². The van der Waals surface area contributed by atoms with E-state index in [-0.39, 0.29) is 0 Å². The van der Waals surface area contributed by atoms with Gasteiger partial charge in [0.25, 0.3) is 0 Å². The average molecular weight is 225 g/mol. The lowest BCUT2D eigenvalue weighted by atomic mass is 9.97. The fourth-order valence-corrected chi connectivity index (χ4v) is 2.41. The van der Waals surface area contributed by atoms with E-state index in [1.807, 2.05) is 0 Å². The molecule has 0 aliphatic carbocycles.